The van der Waals surface area contributed by atoms with E-state index in [1.165, 1.54) is 30.3 Å². The first-order valence-corrected chi connectivity index (χ1v) is 13.7. The van der Waals surface area contributed by atoms with Gasteiger partial charge in [0.1, 0.15) is 12.4 Å². The molecular weight excluding hydrogens is 503 g/mol. The van der Waals surface area contributed by atoms with Gasteiger partial charge in [0.2, 0.25) is 5.91 Å². The molecule has 180 valence electrons. The number of sulfonamides is 1. The fraction of sp³-hybridized carbons (Fsp3) is 0.174. The number of carbonyl (C=O) groups excluding carboxylic acids is 1. The molecule has 0 fully saturated rings. The van der Waals surface area contributed by atoms with Crippen LogP contribution in [-0.4, -0.2) is 35.5 Å². The Balaban J connectivity index is 1.87. The maximum Gasteiger partial charge on any atom is 0.264 e. The molecule has 0 unspecified atom stereocenters. The number of hydrogen-bond donors (Lipinski definition) is 1. The Morgan fingerprint density at radius 2 is 1.59 bits per heavy atom. The van der Waals surface area contributed by atoms with Crippen molar-refractivity contribution in [3.05, 3.63) is 89.2 Å². The van der Waals surface area contributed by atoms with Crippen molar-refractivity contribution in [2.24, 2.45) is 0 Å². The zero-order chi connectivity index (χ0) is 25.1. The minimum atomic E-state index is -4.18. The van der Waals surface area contributed by atoms with E-state index >= 15 is 0 Å². The fourth-order valence-electron chi connectivity index (χ4n) is 3.18. The van der Waals surface area contributed by atoms with Gasteiger partial charge in [-0.2, -0.15) is 0 Å². The number of anilines is 1. The Hall–Kier alpha value is -2.95. The summed E-state index contributed by atoms with van der Waals surface area (Å²) in [5.41, 5.74) is 0.651. The molecule has 0 saturated carbocycles. The van der Waals surface area contributed by atoms with Crippen LogP contribution >= 0.6 is 11.6 Å². The van der Waals surface area contributed by atoms with Crippen LogP contribution in [0.4, 0.5) is 10.1 Å². The SMILES string of the molecule is C[C@@H](NC(=O)CN(c1ccc(F)c(Cl)c1)S(=O)(=O)c1ccccc1)c1ccc(S(C)(=O)=O)cc1. The second kappa shape index (κ2) is 10.1. The van der Waals surface area contributed by atoms with Crippen molar-refractivity contribution < 1.29 is 26.0 Å². The molecule has 0 saturated heterocycles. The number of nitrogens with zero attached hydrogens (tertiary/aromatic N) is 1. The van der Waals surface area contributed by atoms with Gasteiger partial charge in [0.15, 0.2) is 9.84 Å². The molecule has 34 heavy (non-hydrogen) atoms. The number of carbonyl (C=O) groups is 1. The summed E-state index contributed by atoms with van der Waals surface area (Å²) in [6.45, 7) is 1.09. The molecule has 0 aliphatic carbocycles. The topological polar surface area (TPSA) is 101 Å². The summed E-state index contributed by atoms with van der Waals surface area (Å²) in [5, 5.41) is 2.42. The van der Waals surface area contributed by atoms with E-state index in [1.807, 2.05) is 0 Å². The Morgan fingerprint density at radius 3 is 2.15 bits per heavy atom. The van der Waals surface area contributed by atoms with Crippen molar-refractivity contribution in [3.63, 3.8) is 0 Å². The molecule has 1 atom stereocenters. The van der Waals surface area contributed by atoms with Crippen LogP contribution in [0.25, 0.3) is 0 Å². The van der Waals surface area contributed by atoms with Crippen molar-refractivity contribution >= 4 is 43.1 Å². The summed E-state index contributed by atoms with van der Waals surface area (Å²) >= 11 is 5.86. The number of amides is 1. The van der Waals surface area contributed by atoms with E-state index < -0.39 is 44.2 Å². The molecule has 0 spiro atoms. The van der Waals surface area contributed by atoms with Crippen LogP contribution in [0.5, 0.6) is 0 Å². The maximum absolute atomic E-state index is 13.7. The van der Waals surface area contributed by atoms with Crippen molar-refractivity contribution in [2.75, 3.05) is 17.1 Å². The van der Waals surface area contributed by atoms with Gasteiger partial charge in [-0.1, -0.05) is 41.9 Å². The minimum absolute atomic E-state index is 0.0237. The van der Waals surface area contributed by atoms with Gasteiger partial charge in [0.25, 0.3) is 10.0 Å². The number of halogens is 2. The van der Waals surface area contributed by atoms with E-state index in [0.29, 0.717) is 5.56 Å². The van der Waals surface area contributed by atoms with Crippen molar-refractivity contribution in [2.45, 2.75) is 22.8 Å². The first kappa shape index (κ1) is 25.7. The zero-order valence-electron chi connectivity index (χ0n) is 18.3. The number of rotatable bonds is 8. The molecule has 1 N–H and O–H groups in total. The lowest BCUT2D eigenvalue weighted by atomic mass is 10.1. The maximum atomic E-state index is 13.7. The summed E-state index contributed by atoms with van der Waals surface area (Å²) in [4.78, 5) is 12.9. The molecular formula is C23H22ClFN2O5S2. The molecule has 7 nitrogen and oxygen atoms in total. The Labute approximate surface area is 203 Å². The molecule has 11 heteroatoms. The molecule has 0 aliphatic heterocycles. The molecule has 0 bridgehead atoms. The van der Waals surface area contributed by atoms with E-state index in [-0.39, 0.29) is 20.5 Å². The Bertz CT molecular complexity index is 1400. The minimum Gasteiger partial charge on any atom is -0.348 e. The molecule has 1 amide bonds. The van der Waals surface area contributed by atoms with Gasteiger partial charge in [-0.15, -0.1) is 0 Å². The first-order valence-electron chi connectivity index (χ1n) is 10.0. The highest BCUT2D eigenvalue weighted by Crippen LogP contribution is 2.28. The lowest BCUT2D eigenvalue weighted by Gasteiger charge is -2.25. The summed E-state index contributed by atoms with van der Waals surface area (Å²) in [5.74, 6) is -1.35. The van der Waals surface area contributed by atoms with Gasteiger partial charge in [-0.05, 0) is 55.0 Å². The van der Waals surface area contributed by atoms with E-state index in [0.717, 1.165) is 22.7 Å². The lowest BCUT2D eigenvalue weighted by Crippen LogP contribution is -2.41. The third-order valence-corrected chi connectivity index (χ3v) is 8.20. The average molecular weight is 525 g/mol. The molecule has 3 rings (SSSR count). The molecule has 0 aromatic heterocycles. The van der Waals surface area contributed by atoms with Crippen LogP contribution in [0, 0.1) is 5.82 Å². The predicted molar refractivity (Wildman–Crippen MR) is 128 cm³/mol. The summed E-state index contributed by atoms with van der Waals surface area (Å²) in [6.07, 6.45) is 1.09. The number of sulfone groups is 1. The number of hydrogen-bond acceptors (Lipinski definition) is 5. The van der Waals surface area contributed by atoms with Gasteiger partial charge in [-0.25, -0.2) is 21.2 Å². The quantitative estimate of drug-likeness (QED) is 0.481. The highest BCUT2D eigenvalue weighted by molar-refractivity contribution is 7.93. The zero-order valence-corrected chi connectivity index (χ0v) is 20.7. The van der Waals surface area contributed by atoms with Gasteiger partial charge in [-0.3, -0.25) is 9.10 Å². The molecule has 0 aliphatic rings. The van der Waals surface area contributed by atoms with Crippen molar-refractivity contribution in [1.29, 1.82) is 0 Å². The highest BCUT2D eigenvalue weighted by Gasteiger charge is 2.28. The predicted octanol–water partition coefficient (Wildman–Crippen LogP) is 3.96. The molecule has 3 aromatic rings. The van der Waals surface area contributed by atoms with Gasteiger partial charge >= 0.3 is 0 Å². The normalized spacial score (nSPS) is 12.7. The standard InChI is InChI=1S/C23H22ClFN2O5S2/c1-16(17-8-11-19(12-9-17)33(2,29)30)26-23(28)15-27(18-10-13-22(25)21(24)14-18)34(31,32)20-6-4-3-5-7-20/h3-14,16H,15H2,1-2H3,(H,26,28)/t16-/m1/s1. The fourth-order valence-corrected chi connectivity index (χ4v) is 5.42. The smallest absolute Gasteiger partial charge is 0.264 e. The van der Waals surface area contributed by atoms with Gasteiger partial charge in [0.05, 0.1) is 26.5 Å². The van der Waals surface area contributed by atoms with E-state index in [9.17, 15) is 26.0 Å². The van der Waals surface area contributed by atoms with Crippen molar-refractivity contribution in [1.82, 2.24) is 5.32 Å². The monoisotopic (exact) mass is 524 g/mol. The molecule has 0 radical (unpaired) electrons. The van der Waals surface area contributed by atoms with E-state index in [2.05, 4.69) is 5.32 Å². The largest absolute Gasteiger partial charge is 0.348 e. The summed E-state index contributed by atoms with van der Waals surface area (Å²) < 4.78 is 64.4. The van der Waals surface area contributed by atoms with E-state index in [1.54, 1.807) is 37.3 Å². The number of nitrogens with one attached hydrogen (secondary N) is 1. The number of benzene rings is 3. The van der Waals surface area contributed by atoms with Crippen LogP contribution in [0.3, 0.4) is 0 Å². The summed E-state index contributed by atoms with van der Waals surface area (Å²) in [7, 11) is -7.54. The third-order valence-electron chi connectivity index (χ3n) is 5.00. The highest BCUT2D eigenvalue weighted by atomic mass is 35.5. The van der Waals surface area contributed by atoms with Gasteiger partial charge < -0.3 is 5.32 Å². The van der Waals surface area contributed by atoms with Crippen LogP contribution in [0.2, 0.25) is 5.02 Å². The molecule has 0 heterocycles. The van der Waals surface area contributed by atoms with Crippen LogP contribution in [0.1, 0.15) is 18.5 Å². The molecule has 3 aromatic carbocycles. The first-order chi connectivity index (χ1) is 15.9. The van der Waals surface area contributed by atoms with Gasteiger partial charge in [0, 0.05) is 6.26 Å². The van der Waals surface area contributed by atoms with Crippen LogP contribution < -0.4 is 9.62 Å². The second-order valence-electron chi connectivity index (χ2n) is 7.55. The third kappa shape index (κ3) is 5.94. The van der Waals surface area contributed by atoms with Crippen molar-refractivity contribution in [3.8, 4) is 0 Å². The van der Waals surface area contributed by atoms with E-state index in [4.69, 9.17) is 11.6 Å². The second-order valence-corrected chi connectivity index (χ2v) is 11.8. The Morgan fingerprint density at radius 1 is 0.971 bits per heavy atom. The summed E-state index contributed by atoms with van der Waals surface area (Å²) in [6, 6.07) is 16.4. The Kier molecular flexibility index (Phi) is 7.64. The van der Waals surface area contributed by atoms with Crippen LogP contribution in [-0.2, 0) is 24.7 Å². The lowest BCUT2D eigenvalue weighted by molar-refractivity contribution is -0.120. The van der Waals surface area contributed by atoms with Crippen LogP contribution in [0.15, 0.2) is 82.6 Å². The average Bonchev–Trinajstić information content (AvgIpc) is 2.79.